The molecule has 0 heterocycles. The van der Waals surface area contributed by atoms with Crippen LogP contribution in [0.5, 0.6) is 11.5 Å². The van der Waals surface area contributed by atoms with Crippen LogP contribution in [0.4, 0.5) is 0 Å². The Labute approximate surface area is 125 Å². The zero-order chi connectivity index (χ0) is 15.3. The fourth-order valence-corrected chi connectivity index (χ4v) is 2.78. The number of rotatable bonds is 6. The van der Waals surface area contributed by atoms with Gasteiger partial charge in [-0.1, -0.05) is 12.1 Å². The van der Waals surface area contributed by atoms with Gasteiger partial charge in [0.25, 0.3) is 0 Å². The quantitative estimate of drug-likeness (QED) is 0.814. The van der Waals surface area contributed by atoms with Gasteiger partial charge in [-0.2, -0.15) is 0 Å². The van der Waals surface area contributed by atoms with E-state index in [1.54, 1.807) is 14.2 Å². The highest BCUT2D eigenvalue weighted by atomic mass is 16.5. The summed E-state index contributed by atoms with van der Waals surface area (Å²) < 4.78 is 16.5. The molecule has 1 saturated carbocycles. The fourth-order valence-electron chi connectivity index (χ4n) is 2.78. The Kier molecular flexibility index (Phi) is 5.07. The minimum Gasteiger partial charge on any atom is -0.493 e. The summed E-state index contributed by atoms with van der Waals surface area (Å²) in [4.78, 5) is 12.2. The van der Waals surface area contributed by atoms with E-state index < -0.39 is 5.54 Å². The predicted molar refractivity (Wildman–Crippen MR) is 79.7 cm³/mol. The molecule has 0 radical (unpaired) electrons. The zero-order valence-electron chi connectivity index (χ0n) is 12.8. The maximum absolute atomic E-state index is 12.2. The van der Waals surface area contributed by atoms with E-state index in [1.165, 1.54) is 0 Å². The molecule has 2 atom stereocenters. The molecule has 116 valence electrons. The average Bonchev–Trinajstić information content (AvgIpc) is 2.93. The van der Waals surface area contributed by atoms with Crippen molar-refractivity contribution in [3.8, 4) is 11.5 Å². The van der Waals surface area contributed by atoms with E-state index in [1.807, 2.05) is 31.2 Å². The molecule has 5 heteroatoms. The van der Waals surface area contributed by atoms with Crippen molar-refractivity contribution in [2.75, 3.05) is 20.8 Å². The summed E-state index contributed by atoms with van der Waals surface area (Å²) in [6.07, 6.45) is 2.08. The van der Waals surface area contributed by atoms with Crippen LogP contribution in [0.2, 0.25) is 0 Å². The van der Waals surface area contributed by atoms with E-state index in [9.17, 15) is 4.79 Å². The second kappa shape index (κ2) is 6.80. The van der Waals surface area contributed by atoms with E-state index in [-0.39, 0.29) is 12.1 Å². The molecule has 0 aromatic heterocycles. The molecule has 0 aliphatic heterocycles. The molecule has 2 rings (SSSR count). The van der Waals surface area contributed by atoms with Crippen LogP contribution in [0.3, 0.4) is 0 Å². The molecule has 21 heavy (non-hydrogen) atoms. The van der Waals surface area contributed by atoms with Gasteiger partial charge < -0.3 is 19.5 Å². The number of carbonyl (C=O) groups is 1. The third kappa shape index (κ3) is 3.29. The lowest BCUT2D eigenvalue weighted by atomic mass is 9.98. The van der Waals surface area contributed by atoms with Gasteiger partial charge in [0.05, 0.1) is 13.7 Å². The van der Waals surface area contributed by atoms with Gasteiger partial charge in [0.2, 0.25) is 0 Å². The first-order chi connectivity index (χ1) is 10.1. The topological polar surface area (TPSA) is 56.8 Å². The highest BCUT2D eigenvalue weighted by molar-refractivity contribution is 5.81. The van der Waals surface area contributed by atoms with E-state index in [0.717, 1.165) is 6.42 Å². The van der Waals surface area contributed by atoms with Crippen molar-refractivity contribution in [1.29, 1.82) is 0 Å². The molecule has 2 unspecified atom stereocenters. The van der Waals surface area contributed by atoms with Crippen LogP contribution >= 0.6 is 0 Å². The van der Waals surface area contributed by atoms with Gasteiger partial charge in [0, 0.05) is 6.42 Å². The number of ether oxygens (including phenoxy) is 3. The summed E-state index contributed by atoms with van der Waals surface area (Å²) in [5.74, 6) is 1.22. The molecule has 1 N–H and O–H groups in total. The molecule has 1 aliphatic carbocycles. The Bertz CT molecular complexity index is 491. The maximum atomic E-state index is 12.2. The van der Waals surface area contributed by atoms with Crippen LogP contribution in [0.15, 0.2) is 24.3 Å². The minimum atomic E-state index is -0.636. The Hall–Kier alpha value is -1.75. The summed E-state index contributed by atoms with van der Waals surface area (Å²) in [6.45, 7) is 2.21. The second-order valence-electron chi connectivity index (χ2n) is 5.19. The monoisotopic (exact) mass is 293 g/mol. The van der Waals surface area contributed by atoms with Crippen molar-refractivity contribution in [3.63, 3.8) is 0 Å². The van der Waals surface area contributed by atoms with E-state index in [4.69, 9.17) is 14.2 Å². The number of hydrogen-bond donors (Lipinski definition) is 1. The van der Waals surface area contributed by atoms with Crippen molar-refractivity contribution >= 4 is 5.97 Å². The number of methoxy groups -OCH3 is 1. The lowest BCUT2D eigenvalue weighted by molar-refractivity contribution is -0.151. The van der Waals surface area contributed by atoms with Gasteiger partial charge >= 0.3 is 5.97 Å². The van der Waals surface area contributed by atoms with Crippen LogP contribution < -0.4 is 14.8 Å². The number of likely N-dealkylation sites (N-methyl/N-ethyl adjacent to an activating group) is 1. The molecule has 0 saturated heterocycles. The molecule has 1 fully saturated rings. The average molecular weight is 293 g/mol. The molecule has 0 bridgehead atoms. The van der Waals surface area contributed by atoms with Crippen molar-refractivity contribution in [1.82, 2.24) is 5.32 Å². The van der Waals surface area contributed by atoms with Gasteiger partial charge in [-0.3, -0.25) is 4.79 Å². The molecule has 0 spiro atoms. The van der Waals surface area contributed by atoms with Crippen molar-refractivity contribution < 1.29 is 19.0 Å². The smallest absolute Gasteiger partial charge is 0.326 e. The van der Waals surface area contributed by atoms with Crippen LogP contribution in [0.25, 0.3) is 0 Å². The van der Waals surface area contributed by atoms with Crippen LogP contribution in [0, 0.1) is 0 Å². The van der Waals surface area contributed by atoms with Gasteiger partial charge in [-0.05, 0) is 38.9 Å². The van der Waals surface area contributed by atoms with Crippen LogP contribution in [-0.4, -0.2) is 38.4 Å². The maximum Gasteiger partial charge on any atom is 0.326 e. The molecule has 0 amide bonds. The first kappa shape index (κ1) is 15.6. The molecule has 1 aromatic rings. The van der Waals surface area contributed by atoms with Crippen molar-refractivity contribution in [2.45, 2.75) is 37.8 Å². The Morgan fingerprint density at radius 2 is 2.10 bits per heavy atom. The van der Waals surface area contributed by atoms with Gasteiger partial charge in [-0.15, -0.1) is 0 Å². The Morgan fingerprint density at radius 3 is 2.71 bits per heavy atom. The second-order valence-corrected chi connectivity index (χ2v) is 5.19. The molecule has 5 nitrogen and oxygen atoms in total. The number of hydrogen-bond acceptors (Lipinski definition) is 5. The highest BCUT2D eigenvalue weighted by Crippen LogP contribution is 2.36. The first-order valence-electron chi connectivity index (χ1n) is 7.31. The Balaban J connectivity index is 2.06. The summed E-state index contributed by atoms with van der Waals surface area (Å²) in [6, 6.07) is 7.55. The largest absolute Gasteiger partial charge is 0.493 e. The van der Waals surface area contributed by atoms with E-state index >= 15 is 0 Å². The van der Waals surface area contributed by atoms with Gasteiger partial charge in [-0.25, -0.2) is 0 Å². The summed E-state index contributed by atoms with van der Waals surface area (Å²) in [7, 11) is 3.41. The standard InChI is InChI=1S/C16H23NO4/c1-4-20-15(18)16(17-2)10-9-12(11-16)21-14-8-6-5-7-13(14)19-3/h5-8,12,17H,4,9-11H2,1-3H3. The molecule has 1 aliphatic rings. The number of esters is 1. The molecule has 1 aromatic carbocycles. The highest BCUT2D eigenvalue weighted by Gasteiger charge is 2.46. The van der Waals surface area contributed by atoms with Crippen LogP contribution in [0.1, 0.15) is 26.2 Å². The SMILES string of the molecule is CCOC(=O)C1(NC)CCC(Oc2ccccc2OC)C1. The third-order valence-corrected chi connectivity index (χ3v) is 3.98. The predicted octanol–water partition coefficient (Wildman–Crippen LogP) is 2.15. The number of carbonyl (C=O) groups excluding carboxylic acids is 1. The number of para-hydroxylation sites is 2. The van der Waals surface area contributed by atoms with E-state index in [0.29, 0.717) is 30.9 Å². The van der Waals surface area contributed by atoms with Crippen molar-refractivity contribution in [2.24, 2.45) is 0 Å². The van der Waals surface area contributed by atoms with Crippen molar-refractivity contribution in [3.05, 3.63) is 24.3 Å². The number of benzene rings is 1. The van der Waals surface area contributed by atoms with Gasteiger partial charge in [0.15, 0.2) is 11.5 Å². The zero-order valence-corrected chi connectivity index (χ0v) is 12.8. The molecular weight excluding hydrogens is 270 g/mol. The summed E-state index contributed by atoms with van der Waals surface area (Å²) in [5, 5.41) is 3.12. The Morgan fingerprint density at radius 1 is 1.38 bits per heavy atom. The summed E-state index contributed by atoms with van der Waals surface area (Å²) in [5.41, 5.74) is -0.636. The third-order valence-electron chi connectivity index (χ3n) is 3.98. The normalized spacial score (nSPS) is 24.6. The lowest BCUT2D eigenvalue weighted by Gasteiger charge is -2.26. The van der Waals surface area contributed by atoms with Crippen LogP contribution in [-0.2, 0) is 9.53 Å². The first-order valence-corrected chi connectivity index (χ1v) is 7.31. The lowest BCUT2D eigenvalue weighted by Crippen LogP contribution is -2.49. The fraction of sp³-hybridized carbons (Fsp3) is 0.562. The summed E-state index contributed by atoms with van der Waals surface area (Å²) >= 11 is 0. The number of nitrogens with one attached hydrogen (secondary N) is 1. The molecular formula is C16H23NO4. The van der Waals surface area contributed by atoms with E-state index in [2.05, 4.69) is 5.32 Å². The van der Waals surface area contributed by atoms with Gasteiger partial charge in [0.1, 0.15) is 11.6 Å². The minimum absolute atomic E-state index is 0.0295.